The first kappa shape index (κ1) is 22.7. The van der Waals surface area contributed by atoms with Crippen LogP contribution in [0.3, 0.4) is 0 Å². The number of carbonyl (C=O) groups excluding carboxylic acids is 1. The molecule has 4 aromatic rings. The predicted molar refractivity (Wildman–Crippen MR) is 126 cm³/mol. The van der Waals surface area contributed by atoms with E-state index in [1.54, 1.807) is 42.7 Å². The van der Waals surface area contributed by atoms with E-state index in [1.807, 2.05) is 12.1 Å². The summed E-state index contributed by atoms with van der Waals surface area (Å²) in [5, 5.41) is 9.40. The number of rotatable bonds is 5. The first-order chi connectivity index (χ1) is 16.4. The first-order valence-electron chi connectivity index (χ1n) is 9.90. The molecule has 0 saturated carbocycles. The summed E-state index contributed by atoms with van der Waals surface area (Å²) in [4.78, 5) is 46.0. The lowest BCUT2D eigenvalue weighted by Gasteiger charge is -2.09. The Morgan fingerprint density at radius 3 is 2.53 bits per heavy atom. The Morgan fingerprint density at radius 2 is 1.82 bits per heavy atom. The van der Waals surface area contributed by atoms with E-state index in [2.05, 4.69) is 32.2 Å². The second-order valence-corrected chi connectivity index (χ2v) is 7.29. The monoisotopic (exact) mass is 473 g/mol. The van der Waals surface area contributed by atoms with Crippen molar-refractivity contribution in [2.24, 2.45) is 0 Å². The first-order valence-corrected chi connectivity index (χ1v) is 10.3. The maximum atomic E-state index is 12.4. The summed E-state index contributed by atoms with van der Waals surface area (Å²) >= 11 is 5.41. The van der Waals surface area contributed by atoms with Gasteiger partial charge in [0.15, 0.2) is 0 Å². The molecule has 1 amide bonds. The van der Waals surface area contributed by atoms with Crippen molar-refractivity contribution in [2.75, 3.05) is 0 Å². The standard InChI is InChI=1S/C24H16ClN5O4/c25-29-28-24(34)18-12-21(27-20-7-9-26-13-19(18)20)17-5-3-15(4-6-17)1-2-16-8-10-30(14-23(32)33)22(31)11-16/h3-13,29H,14H2,(H,28,34)(H,32,33). The van der Waals surface area contributed by atoms with Gasteiger partial charge in [-0.15, -0.1) is 4.94 Å². The molecule has 0 aliphatic rings. The van der Waals surface area contributed by atoms with Gasteiger partial charge >= 0.3 is 5.97 Å². The number of hydrogen-bond donors (Lipinski definition) is 3. The van der Waals surface area contributed by atoms with Crippen LogP contribution in [0.4, 0.5) is 0 Å². The Morgan fingerprint density at radius 1 is 1.06 bits per heavy atom. The second-order valence-electron chi connectivity index (χ2n) is 7.10. The smallest absolute Gasteiger partial charge is 0.323 e. The number of aromatic nitrogens is 3. The molecule has 10 heteroatoms. The molecule has 4 rings (SSSR count). The zero-order valence-corrected chi connectivity index (χ0v) is 18.2. The predicted octanol–water partition coefficient (Wildman–Crippen LogP) is 2.33. The van der Waals surface area contributed by atoms with Crippen LogP contribution in [0.15, 0.2) is 71.9 Å². The number of pyridine rings is 3. The molecular formula is C24H16ClN5O4. The fourth-order valence-electron chi connectivity index (χ4n) is 3.25. The van der Waals surface area contributed by atoms with Crippen molar-refractivity contribution in [3.63, 3.8) is 0 Å². The average molecular weight is 474 g/mol. The zero-order valence-electron chi connectivity index (χ0n) is 17.4. The van der Waals surface area contributed by atoms with Crippen LogP contribution in [0.25, 0.3) is 22.2 Å². The number of hydrazine groups is 1. The van der Waals surface area contributed by atoms with E-state index >= 15 is 0 Å². The summed E-state index contributed by atoms with van der Waals surface area (Å²) in [5.41, 5.74) is 5.40. The van der Waals surface area contributed by atoms with Crippen LogP contribution in [-0.4, -0.2) is 31.5 Å². The van der Waals surface area contributed by atoms with Crippen LogP contribution >= 0.6 is 11.8 Å². The Hall–Kier alpha value is -4.52. The van der Waals surface area contributed by atoms with Gasteiger partial charge in [-0.3, -0.25) is 24.8 Å². The van der Waals surface area contributed by atoms with Crippen molar-refractivity contribution in [1.82, 2.24) is 24.9 Å². The third kappa shape index (κ3) is 5.10. The van der Waals surface area contributed by atoms with Gasteiger partial charge in [-0.2, -0.15) is 0 Å². The number of halogens is 1. The SMILES string of the molecule is O=C(O)Cn1ccc(C#Cc2ccc(-c3cc(C(=O)NNCl)c4cnccc4n3)cc2)cc1=O. The minimum Gasteiger partial charge on any atom is -0.480 e. The van der Waals surface area contributed by atoms with Crippen molar-refractivity contribution >= 4 is 34.6 Å². The van der Waals surface area contributed by atoms with Gasteiger partial charge in [0.1, 0.15) is 6.54 Å². The van der Waals surface area contributed by atoms with Crippen molar-refractivity contribution < 1.29 is 14.7 Å². The lowest BCUT2D eigenvalue weighted by molar-refractivity contribution is -0.137. The van der Waals surface area contributed by atoms with Crippen LogP contribution in [0.5, 0.6) is 0 Å². The number of carbonyl (C=O) groups is 2. The topological polar surface area (TPSA) is 126 Å². The van der Waals surface area contributed by atoms with Crippen molar-refractivity contribution in [3.05, 3.63) is 94.2 Å². The molecule has 3 aromatic heterocycles. The molecule has 0 unspecified atom stereocenters. The van der Waals surface area contributed by atoms with E-state index in [4.69, 9.17) is 16.9 Å². The van der Waals surface area contributed by atoms with Gasteiger partial charge in [-0.1, -0.05) is 24.0 Å². The van der Waals surface area contributed by atoms with Crippen molar-refractivity contribution in [2.45, 2.75) is 6.54 Å². The number of amides is 1. The molecule has 168 valence electrons. The highest BCUT2D eigenvalue weighted by Crippen LogP contribution is 2.24. The molecule has 0 aliphatic carbocycles. The summed E-state index contributed by atoms with van der Waals surface area (Å²) in [7, 11) is 0. The van der Waals surface area contributed by atoms with Gasteiger partial charge in [0.05, 0.1) is 16.8 Å². The molecule has 34 heavy (non-hydrogen) atoms. The molecule has 0 radical (unpaired) electrons. The highest BCUT2D eigenvalue weighted by atomic mass is 35.5. The largest absolute Gasteiger partial charge is 0.480 e. The van der Waals surface area contributed by atoms with Crippen molar-refractivity contribution in [3.8, 4) is 23.1 Å². The van der Waals surface area contributed by atoms with E-state index in [0.717, 1.165) is 10.1 Å². The molecule has 0 aliphatic heterocycles. The number of hydrogen-bond acceptors (Lipinski definition) is 6. The maximum absolute atomic E-state index is 12.4. The molecule has 1 aromatic carbocycles. The summed E-state index contributed by atoms with van der Waals surface area (Å²) in [6, 6.07) is 13.5. The van der Waals surface area contributed by atoms with Gasteiger partial charge in [0.2, 0.25) is 0 Å². The minimum atomic E-state index is -1.10. The van der Waals surface area contributed by atoms with Crippen LogP contribution < -0.4 is 15.9 Å². The summed E-state index contributed by atoms with van der Waals surface area (Å²) < 4.78 is 1.09. The number of carboxylic acids is 1. The molecule has 0 fully saturated rings. The Balaban J connectivity index is 1.62. The van der Waals surface area contributed by atoms with Gasteiger partial charge in [-0.25, -0.2) is 4.98 Å². The van der Waals surface area contributed by atoms with Gasteiger partial charge in [0, 0.05) is 46.7 Å². The van der Waals surface area contributed by atoms with Gasteiger partial charge in [-0.05, 0) is 42.1 Å². The number of benzene rings is 1. The lowest BCUT2D eigenvalue weighted by atomic mass is 10.0. The molecule has 3 N–H and O–H groups in total. The van der Waals surface area contributed by atoms with E-state index in [0.29, 0.717) is 33.3 Å². The minimum absolute atomic E-state index is 0.364. The van der Waals surface area contributed by atoms with Crippen LogP contribution in [0.1, 0.15) is 21.5 Å². The number of carboxylic acid groups (broad SMARTS) is 1. The number of aliphatic carboxylic acids is 1. The highest BCUT2D eigenvalue weighted by molar-refractivity contribution is 6.15. The lowest BCUT2D eigenvalue weighted by Crippen LogP contribution is -2.30. The fourth-order valence-corrected chi connectivity index (χ4v) is 3.33. The second kappa shape index (κ2) is 9.95. The summed E-state index contributed by atoms with van der Waals surface area (Å²) in [6.45, 7) is -0.404. The quantitative estimate of drug-likeness (QED) is 0.231. The van der Waals surface area contributed by atoms with E-state index < -0.39 is 24.0 Å². The van der Waals surface area contributed by atoms with Crippen LogP contribution in [0, 0.1) is 11.8 Å². The van der Waals surface area contributed by atoms with Crippen molar-refractivity contribution in [1.29, 1.82) is 0 Å². The summed E-state index contributed by atoms with van der Waals surface area (Å²) in [5.74, 6) is 4.35. The molecule has 0 saturated heterocycles. The number of nitrogens with zero attached hydrogens (tertiary/aromatic N) is 3. The molecular weight excluding hydrogens is 458 g/mol. The van der Waals surface area contributed by atoms with Gasteiger partial charge in [0.25, 0.3) is 11.5 Å². The molecule has 9 nitrogen and oxygen atoms in total. The average Bonchev–Trinajstić information content (AvgIpc) is 2.84. The number of fused-ring (bicyclic) bond motifs is 1. The third-order valence-electron chi connectivity index (χ3n) is 4.85. The van der Waals surface area contributed by atoms with E-state index in [1.165, 1.54) is 12.3 Å². The molecule has 0 bridgehead atoms. The molecule has 3 heterocycles. The third-order valence-corrected chi connectivity index (χ3v) is 4.94. The maximum Gasteiger partial charge on any atom is 0.323 e. The Labute approximate surface area is 198 Å². The van der Waals surface area contributed by atoms with Crippen LogP contribution in [0.2, 0.25) is 0 Å². The number of nitrogens with one attached hydrogen (secondary N) is 2. The van der Waals surface area contributed by atoms with Gasteiger partial charge < -0.3 is 9.67 Å². The Kier molecular flexibility index (Phi) is 6.64. The fraction of sp³-hybridized carbons (Fsp3) is 0.0417. The summed E-state index contributed by atoms with van der Waals surface area (Å²) in [6.07, 6.45) is 4.56. The zero-order chi connectivity index (χ0) is 24.1. The Bertz CT molecular complexity index is 1520. The molecule has 0 atom stereocenters. The van der Waals surface area contributed by atoms with Crippen LogP contribution in [-0.2, 0) is 11.3 Å². The van der Waals surface area contributed by atoms with E-state index in [-0.39, 0.29) is 0 Å². The molecule has 0 spiro atoms. The highest BCUT2D eigenvalue weighted by Gasteiger charge is 2.14. The van der Waals surface area contributed by atoms with E-state index in [9.17, 15) is 14.4 Å². The normalized spacial score (nSPS) is 10.4.